The molecular formula is C14H21N3O2. The Morgan fingerprint density at radius 1 is 1.47 bits per heavy atom. The summed E-state index contributed by atoms with van der Waals surface area (Å²) in [4.78, 5) is 11.2. The van der Waals surface area contributed by atoms with Gasteiger partial charge in [0.1, 0.15) is 5.75 Å². The number of carbonyl (C=O) groups excluding carboxylic acids is 1. The van der Waals surface area contributed by atoms with Gasteiger partial charge in [0.2, 0.25) is 5.91 Å². The molecule has 0 radical (unpaired) electrons. The van der Waals surface area contributed by atoms with E-state index in [-0.39, 0.29) is 0 Å². The highest BCUT2D eigenvalue weighted by Crippen LogP contribution is 2.32. The van der Waals surface area contributed by atoms with Gasteiger partial charge in [0.15, 0.2) is 0 Å². The van der Waals surface area contributed by atoms with E-state index in [0.717, 1.165) is 18.5 Å². The minimum absolute atomic E-state index is 0.335. The maximum Gasteiger partial charge on any atom is 0.248 e. The summed E-state index contributed by atoms with van der Waals surface area (Å²) in [6.07, 6.45) is 3.41. The van der Waals surface area contributed by atoms with Gasteiger partial charge in [0, 0.05) is 11.6 Å². The van der Waals surface area contributed by atoms with Crippen LogP contribution in [-0.2, 0) is 0 Å². The first-order valence-corrected chi connectivity index (χ1v) is 6.60. The Hall–Kier alpha value is -1.75. The van der Waals surface area contributed by atoms with Gasteiger partial charge >= 0.3 is 0 Å². The predicted octanol–water partition coefficient (Wildman–Crippen LogP) is 1.33. The Balaban J connectivity index is 2.22. The fourth-order valence-electron chi connectivity index (χ4n) is 2.68. The number of anilines is 1. The van der Waals surface area contributed by atoms with Crippen LogP contribution < -0.4 is 21.5 Å². The van der Waals surface area contributed by atoms with Crippen molar-refractivity contribution >= 4 is 11.6 Å². The van der Waals surface area contributed by atoms with E-state index < -0.39 is 5.91 Å². The molecule has 19 heavy (non-hydrogen) atoms. The molecule has 0 spiro atoms. The molecule has 1 aromatic rings. The van der Waals surface area contributed by atoms with Gasteiger partial charge in [0.25, 0.3) is 0 Å². The fourth-order valence-corrected chi connectivity index (χ4v) is 2.68. The van der Waals surface area contributed by atoms with Gasteiger partial charge in [0.05, 0.1) is 12.8 Å². The van der Waals surface area contributed by atoms with E-state index in [1.807, 2.05) is 0 Å². The van der Waals surface area contributed by atoms with Crippen LogP contribution in [0.25, 0.3) is 0 Å². The van der Waals surface area contributed by atoms with Crippen LogP contribution in [-0.4, -0.2) is 25.6 Å². The Morgan fingerprint density at radius 2 is 2.26 bits per heavy atom. The molecule has 2 rings (SSSR count). The Morgan fingerprint density at radius 3 is 2.89 bits per heavy atom. The largest absolute Gasteiger partial charge is 0.495 e. The van der Waals surface area contributed by atoms with E-state index in [1.54, 1.807) is 25.3 Å². The molecule has 1 amide bonds. The number of ether oxygens (including phenoxy) is 1. The molecule has 5 heteroatoms. The number of amides is 1. The first kappa shape index (κ1) is 13.7. The normalized spacial score (nSPS) is 22.2. The van der Waals surface area contributed by atoms with Crippen LogP contribution in [0.4, 0.5) is 5.69 Å². The third kappa shape index (κ3) is 2.98. The zero-order valence-electron chi connectivity index (χ0n) is 11.2. The van der Waals surface area contributed by atoms with Gasteiger partial charge < -0.3 is 21.5 Å². The van der Waals surface area contributed by atoms with Crippen molar-refractivity contribution in [2.45, 2.75) is 25.3 Å². The lowest BCUT2D eigenvalue weighted by molar-refractivity contribution is 0.100. The lowest BCUT2D eigenvalue weighted by Crippen LogP contribution is -2.29. The van der Waals surface area contributed by atoms with Crippen molar-refractivity contribution in [1.29, 1.82) is 0 Å². The van der Waals surface area contributed by atoms with Crippen molar-refractivity contribution in [3.05, 3.63) is 23.8 Å². The summed E-state index contributed by atoms with van der Waals surface area (Å²) in [5.41, 5.74) is 12.4. The van der Waals surface area contributed by atoms with E-state index in [1.165, 1.54) is 6.42 Å². The summed E-state index contributed by atoms with van der Waals surface area (Å²) >= 11 is 0. The Kier molecular flexibility index (Phi) is 4.27. The molecule has 1 saturated carbocycles. The molecule has 1 aliphatic rings. The molecule has 0 saturated heterocycles. The lowest BCUT2D eigenvalue weighted by Gasteiger charge is -2.22. The Labute approximate surface area is 113 Å². The van der Waals surface area contributed by atoms with Crippen LogP contribution in [0.1, 0.15) is 29.6 Å². The molecule has 104 valence electrons. The molecule has 0 heterocycles. The molecule has 2 unspecified atom stereocenters. The number of nitrogens with one attached hydrogen (secondary N) is 1. The molecule has 5 N–H and O–H groups in total. The summed E-state index contributed by atoms with van der Waals surface area (Å²) in [7, 11) is 1.61. The number of nitrogens with two attached hydrogens (primary N) is 2. The molecule has 5 nitrogen and oxygen atoms in total. The fraction of sp³-hybridized carbons (Fsp3) is 0.500. The summed E-state index contributed by atoms with van der Waals surface area (Å²) < 4.78 is 5.31. The highest BCUT2D eigenvalue weighted by Gasteiger charge is 2.26. The number of rotatable bonds is 5. The van der Waals surface area contributed by atoms with Crippen LogP contribution >= 0.6 is 0 Å². The zero-order chi connectivity index (χ0) is 13.8. The van der Waals surface area contributed by atoms with E-state index >= 15 is 0 Å². The van der Waals surface area contributed by atoms with Crippen LogP contribution in [0.3, 0.4) is 0 Å². The minimum Gasteiger partial charge on any atom is -0.495 e. The van der Waals surface area contributed by atoms with E-state index in [2.05, 4.69) is 5.32 Å². The number of primary amides is 1. The summed E-state index contributed by atoms with van der Waals surface area (Å²) in [6, 6.07) is 5.51. The van der Waals surface area contributed by atoms with E-state index in [4.69, 9.17) is 16.2 Å². The third-order valence-corrected chi connectivity index (χ3v) is 3.79. The number of hydrogen-bond acceptors (Lipinski definition) is 4. The van der Waals surface area contributed by atoms with Crippen LogP contribution in [0.5, 0.6) is 5.75 Å². The van der Waals surface area contributed by atoms with Crippen molar-refractivity contribution in [2.75, 3.05) is 19.0 Å². The highest BCUT2D eigenvalue weighted by atomic mass is 16.5. The molecule has 0 aromatic heterocycles. The van der Waals surface area contributed by atoms with E-state index in [0.29, 0.717) is 29.8 Å². The van der Waals surface area contributed by atoms with Crippen LogP contribution in [0.15, 0.2) is 18.2 Å². The van der Waals surface area contributed by atoms with Crippen molar-refractivity contribution in [1.82, 2.24) is 0 Å². The molecule has 2 atom stereocenters. The predicted molar refractivity (Wildman–Crippen MR) is 75.3 cm³/mol. The zero-order valence-corrected chi connectivity index (χ0v) is 11.2. The summed E-state index contributed by atoms with van der Waals surface area (Å²) in [5, 5.41) is 3.44. The number of benzene rings is 1. The molecular weight excluding hydrogens is 242 g/mol. The average molecular weight is 263 g/mol. The molecule has 0 aliphatic heterocycles. The van der Waals surface area contributed by atoms with Crippen LogP contribution in [0.2, 0.25) is 0 Å². The Bertz CT molecular complexity index is 462. The van der Waals surface area contributed by atoms with Gasteiger partial charge in [-0.1, -0.05) is 6.42 Å². The van der Waals surface area contributed by atoms with E-state index in [9.17, 15) is 4.79 Å². The summed E-state index contributed by atoms with van der Waals surface area (Å²) in [6.45, 7) is 0.676. The van der Waals surface area contributed by atoms with Gasteiger partial charge in [-0.3, -0.25) is 4.79 Å². The topological polar surface area (TPSA) is 90.4 Å². The van der Waals surface area contributed by atoms with Crippen molar-refractivity contribution in [2.24, 2.45) is 17.4 Å². The molecule has 1 aliphatic carbocycles. The number of methoxy groups -OCH3 is 1. The van der Waals surface area contributed by atoms with Gasteiger partial charge in [-0.15, -0.1) is 0 Å². The molecule has 1 fully saturated rings. The molecule has 1 aromatic carbocycles. The summed E-state index contributed by atoms with van der Waals surface area (Å²) in [5.74, 6) is 0.752. The minimum atomic E-state index is -0.438. The first-order valence-electron chi connectivity index (χ1n) is 6.60. The number of carbonyl (C=O) groups is 1. The quantitative estimate of drug-likeness (QED) is 0.747. The third-order valence-electron chi connectivity index (χ3n) is 3.79. The van der Waals surface area contributed by atoms with Gasteiger partial charge in [-0.05, 0) is 43.5 Å². The second-order valence-corrected chi connectivity index (χ2v) is 4.96. The standard InChI is InChI=1S/C14H21N3O2/c1-19-13-6-5-9(14(16)18)7-12(13)17-11-4-2-3-10(11)8-15/h5-7,10-11,17H,2-4,8,15H2,1H3,(H2,16,18). The van der Waals surface area contributed by atoms with Crippen molar-refractivity contribution in [3.63, 3.8) is 0 Å². The second kappa shape index (κ2) is 5.93. The second-order valence-electron chi connectivity index (χ2n) is 4.96. The average Bonchev–Trinajstić information content (AvgIpc) is 2.85. The lowest BCUT2D eigenvalue weighted by atomic mass is 10.0. The van der Waals surface area contributed by atoms with Crippen molar-refractivity contribution in [3.8, 4) is 5.75 Å². The molecule has 0 bridgehead atoms. The highest BCUT2D eigenvalue weighted by molar-refractivity contribution is 5.94. The smallest absolute Gasteiger partial charge is 0.248 e. The van der Waals surface area contributed by atoms with Gasteiger partial charge in [-0.2, -0.15) is 0 Å². The maximum absolute atomic E-state index is 11.2. The first-order chi connectivity index (χ1) is 9.15. The maximum atomic E-state index is 11.2. The van der Waals surface area contributed by atoms with Crippen LogP contribution in [0, 0.1) is 5.92 Å². The van der Waals surface area contributed by atoms with Gasteiger partial charge in [-0.25, -0.2) is 0 Å². The monoisotopic (exact) mass is 263 g/mol. The number of hydrogen-bond donors (Lipinski definition) is 3. The SMILES string of the molecule is COc1ccc(C(N)=O)cc1NC1CCCC1CN. The van der Waals surface area contributed by atoms with Crippen molar-refractivity contribution < 1.29 is 9.53 Å².